The van der Waals surface area contributed by atoms with E-state index < -0.39 is 0 Å². The number of rotatable bonds is 5. The van der Waals surface area contributed by atoms with Gasteiger partial charge in [0.1, 0.15) is 0 Å². The van der Waals surface area contributed by atoms with Crippen molar-refractivity contribution in [1.29, 1.82) is 0 Å². The Balaban J connectivity index is 1.85. The normalized spacial score (nSPS) is 24.4. The summed E-state index contributed by atoms with van der Waals surface area (Å²) in [6, 6.07) is 6.85. The third-order valence-corrected chi connectivity index (χ3v) is 3.81. The van der Waals surface area contributed by atoms with Crippen molar-refractivity contribution in [3.63, 3.8) is 0 Å². The predicted molar refractivity (Wildman–Crippen MR) is 75.4 cm³/mol. The minimum Gasteiger partial charge on any atom is -0.314 e. The van der Waals surface area contributed by atoms with Crippen LogP contribution in [0.3, 0.4) is 0 Å². The molecule has 0 radical (unpaired) electrons. The maximum absolute atomic E-state index is 4.42. The van der Waals surface area contributed by atoms with Gasteiger partial charge in [-0.2, -0.15) is 0 Å². The molecule has 1 aliphatic rings. The Hall–Kier alpha value is -0.930. The maximum Gasteiger partial charge on any atom is 0.0543 e. The van der Waals surface area contributed by atoms with E-state index in [2.05, 4.69) is 41.2 Å². The average molecular weight is 247 g/mol. The Kier molecular flexibility index (Phi) is 5.14. The van der Waals surface area contributed by atoms with Crippen LogP contribution < -0.4 is 5.32 Å². The second-order valence-electron chi connectivity index (χ2n) is 5.39. The zero-order chi connectivity index (χ0) is 12.8. The summed E-state index contributed by atoms with van der Waals surface area (Å²) in [4.78, 5) is 6.94. The SMILES string of the molecule is CCN(Cc1ccccn1)CC1CCNC(C)C1. The quantitative estimate of drug-likeness (QED) is 0.865. The largest absolute Gasteiger partial charge is 0.314 e. The van der Waals surface area contributed by atoms with Crippen molar-refractivity contribution in [3.05, 3.63) is 30.1 Å². The van der Waals surface area contributed by atoms with Gasteiger partial charge in [0.25, 0.3) is 0 Å². The van der Waals surface area contributed by atoms with Gasteiger partial charge >= 0.3 is 0 Å². The molecule has 0 saturated carbocycles. The van der Waals surface area contributed by atoms with Crippen molar-refractivity contribution in [2.24, 2.45) is 5.92 Å². The molecule has 0 spiro atoms. The van der Waals surface area contributed by atoms with E-state index >= 15 is 0 Å². The number of hydrogen-bond donors (Lipinski definition) is 1. The van der Waals surface area contributed by atoms with Gasteiger partial charge in [0, 0.05) is 25.3 Å². The lowest BCUT2D eigenvalue weighted by atomic mass is 9.93. The first-order valence-electron chi connectivity index (χ1n) is 7.13. The molecule has 0 aromatic carbocycles. The summed E-state index contributed by atoms with van der Waals surface area (Å²) in [5.41, 5.74) is 1.18. The van der Waals surface area contributed by atoms with Crippen LogP contribution in [0.25, 0.3) is 0 Å². The highest BCUT2D eigenvalue weighted by Gasteiger charge is 2.20. The van der Waals surface area contributed by atoms with Crippen LogP contribution in [0.1, 0.15) is 32.4 Å². The molecule has 3 nitrogen and oxygen atoms in total. The van der Waals surface area contributed by atoms with Crippen molar-refractivity contribution in [2.45, 2.75) is 39.3 Å². The molecule has 2 atom stereocenters. The number of nitrogens with zero attached hydrogens (tertiary/aromatic N) is 2. The smallest absolute Gasteiger partial charge is 0.0543 e. The summed E-state index contributed by atoms with van der Waals surface area (Å²) < 4.78 is 0. The van der Waals surface area contributed by atoms with Crippen LogP contribution in [-0.4, -0.2) is 35.6 Å². The van der Waals surface area contributed by atoms with E-state index in [4.69, 9.17) is 0 Å². The van der Waals surface area contributed by atoms with E-state index in [1.807, 2.05) is 12.3 Å². The summed E-state index contributed by atoms with van der Waals surface area (Å²) >= 11 is 0. The third kappa shape index (κ3) is 4.07. The second kappa shape index (κ2) is 6.86. The molecule has 1 fully saturated rings. The predicted octanol–water partition coefficient (Wildman–Crippen LogP) is 2.29. The second-order valence-corrected chi connectivity index (χ2v) is 5.39. The molecule has 100 valence electrons. The topological polar surface area (TPSA) is 28.2 Å². The van der Waals surface area contributed by atoms with Crippen LogP contribution in [0.15, 0.2) is 24.4 Å². The lowest BCUT2D eigenvalue weighted by molar-refractivity contribution is 0.191. The van der Waals surface area contributed by atoms with Crippen LogP contribution >= 0.6 is 0 Å². The van der Waals surface area contributed by atoms with Gasteiger partial charge in [-0.05, 0) is 50.9 Å². The molecule has 1 aliphatic heterocycles. The average Bonchev–Trinajstić information content (AvgIpc) is 2.39. The van der Waals surface area contributed by atoms with Crippen molar-refractivity contribution < 1.29 is 0 Å². The van der Waals surface area contributed by atoms with Crippen molar-refractivity contribution >= 4 is 0 Å². The lowest BCUT2D eigenvalue weighted by Gasteiger charge is -2.32. The third-order valence-electron chi connectivity index (χ3n) is 3.81. The Morgan fingerprint density at radius 2 is 2.33 bits per heavy atom. The molecule has 2 rings (SSSR count). The number of pyridine rings is 1. The van der Waals surface area contributed by atoms with E-state index in [9.17, 15) is 0 Å². The molecule has 2 unspecified atom stereocenters. The van der Waals surface area contributed by atoms with Gasteiger partial charge in [-0.25, -0.2) is 0 Å². The van der Waals surface area contributed by atoms with E-state index in [1.54, 1.807) is 0 Å². The molecule has 1 saturated heterocycles. The van der Waals surface area contributed by atoms with Gasteiger partial charge < -0.3 is 5.32 Å². The summed E-state index contributed by atoms with van der Waals surface area (Å²) in [6.07, 6.45) is 4.50. The molecule has 1 N–H and O–H groups in total. The highest BCUT2D eigenvalue weighted by molar-refractivity contribution is 5.03. The first-order valence-corrected chi connectivity index (χ1v) is 7.13. The summed E-state index contributed by atoms with van der Waals surface area (Å²) in [6.45, 7) is 9.01. The molecule has 3 heteroatoms. The monoisotopic (exact) mass is 247 g/mol. The van der Waals surface area contributed by atoms with Crippen molar-refractivity contribution in [2.75, 3.05) is 19.6 Å². The van der Waals surface area contributed by atoms with E-state index in [-0.39, 0.29) is 0 Å². The number of aromatic nitrogens is 1. The van der Waals surface area contributed by atoms with Gasteiger partial charge in [0.2, 0.25) is 0 Å². The van der Waals surface area contributed by atoms with Crippen LogP contribution in [0.5, 0.6) is 0 Å². The number of piperidine rings is 1. The molecule has 1 aromatic heterocycles. The van der Waals surface area contributed by atoms with Crippen LogP contribution in [-0.2, 0) is 6.54 Å². The Morgan fingerprint density at radius 3 is 3.00 bits per heavy atom. The summed E-state index contributed by atoms with van der Waals surface area (Å²) in [5.74, 6) is 0.838. The van der Waals surface area contributed by atoms with Crippen molar-refractivity contribution in [3.8, 4) is 0 Å². The molecule has 0 amide bonds. The zero-order valence-corrected chi connectivity index (χ0v) is 11.6. The molecule has 2 heterocycles. The molecule has 0 aliphatic carbocycles. The van der Waals surface area contributed by atoms with E-state index in [1.165, 1.54) is 31.6 Å². The van der Waals surface area contributed by atoms with Gasteiger partial charge in [0.15, 0.2) is 0 Å². The number of hydrogen-bond acceptors (Lipinski definition) is 3. The highest BCUT2D eigenvalue weighted by atomic mass is 15.1. The van der Waals surface area contributed by atoms with Crippen LogP contribution in [0.4, 0.5) is 0 Å². The summed E-state index contributed by atoms with van der Waals surface area (Å²) in [7, 11) is 0. The Morgan fingerprint density at radius 1 is 1.44 bits per heavy atom. The lowest BCUT2D eigenvalue weighted by Crippen LogP contribution is -2.40. The molecule has 18 heavy (non-hydrogen) atoms. The van der Waals surface area contributed by atoms with Gasteiger partial charge in [-0.15, -0.1) is 0 Å². The molecular formula is C15H25N3. The standard InChI is InChI=1S/C15H25N3/c1-3-18(12-15-6-4-5-8-17-15)11-14-7-9-16-13(2)10-14/h4-6,8,13-14,16H,3,7,9-12H2,1-2H3. The molecule has 0 bridgehead atoms. The van der Waals surface area contributed by atoms with Gasteiger partial charge in [0.05, 0.1) is 5.69 Å². The maximum atomic E-state index is 4.42. The number of nitrogens with one attached hydrogen (secondary N) is 1. The first kappa shape index (κ1) is 13.5. The Bertz CT molecular complexity index is 339. The van der Waals surface area contributed by atoms with Crippen LogP contribution in [0, 0.1) is 5.92 Å². The summed E-state index contributed by atoms with van der Waals surface area (Å²) in [5, 5.41) is 3.52. The van der Waals surface area contributed by atoms with E-state index in [0.717, 1.165) is 19.0 Å². The Labute approximate surface area is 111 Å². The fourth-order valence-corrected chi connectivity index (χ4v) is 2.79. The molecule has 1 aromatic rings. The first-order chi connectivity index (χ1) is 8.78. The minimum atomic E-state index is 0.678. The van der Waals surface area contributed by atoms with Crippen LogP contribution in [0.2, 0.25) is 0 Å². The van der Waals surface area contributed by atoms with E-state index in [0.29, 0.717) is 6.04 Å². The van der Waals surface area contributed by atoms with Gasteiger partial charge in [-0.3, -0.25) is 9.88 Å². The van der Waals surface area contributed by atoms with Gasteiger partial charge in [-0.1, -0.05) is 13.0 Å². The fourth-order valence-electron chi connectivity index (χ4n) is 2.79. The highest BCUT2D eigenvalue weighted by Crippen LogP contribution is 2.18. The molecular weight excluding hydrogens is 222 g/mol. The zero-order valence-electron chi connectivity index (χ0n) is 11.6. The van der Waals surface area contributed by atoms with Crippen molar-refractivity contribution in [1.82, 2.24) is 15.2 Å². The fraction of sp³-hybridized carbons (Fsp3) is 0.667. The minimum absolute atomic E-state index is 0.678.